The molecule has 6 nitrogen and oxygen atoms in total. The predicted molar refractivity (Wildman–Crippen MR) is 97.6 cm³/mol. The second kappa shape index (κ2) is 6.20. The van der Waals surface area contributed by atoms with Crippen LogP contribution >= 0.6 is 0 Å². The first kappa shape index (κ1) is 16.0. The molecule has 2 aromatic rings. The molecule has 1 saturated carbocycles. The van der Waals surface area contributed by atoms with Gasteiger partial charge in [0.15, 0.2) is 0 Å². The molecule has 3 aliphatic rings. The number of nitrogens with one attached hydrogen (secondary N) is 1. The number of piperidine rings is 1. The van der Waals surface area contributed by atoms with Crippen molar-refractivity contribution in [3.8, 4) is 0 Å². The van der Waals surface area contributed by atoms with Crippen molar-refractivity contribution in [3.63, 3.8) is 0 Å². The Hall–Kier alpha value is -2.21. The molecule has 136 valence electrons. The van der Waals surface area contributed by atoms with Gasteiger partial charge in [-0.1, -0.05) is 30.3 Å². The number of nitrogens with zero attached hydrogens (tertiary/aromatic N) is 4. The van der Waals surface area contributed by atoms with Crippen molar-refractivity contribution >= 4 is 5.91 Å². The van der Waals surface area contributed by atoms with E-state index in [1.165, 1.54) is 5.56 Å². The molecule has 2 fully saturated rings. The summed E-state index contributed by atoms with van der Waals surface area (Å²) in [5.74, 6) is 2.92. The number of hydrogen-bond acceptors (Lipinski definition) is 4. The number of carbonyl (C=O) groups is 1. The second-order valence-corrected chi connectivity index (χ2v) is 7.82. The summed E-state index contributed by atoms with van der Waals surface area (Å²) < 4.78 is 2.28. The number of rotatable bonds is 3. The molecular weight excluding hydrogens is 326 g/mol. The van der Waals surface area contributed by atoms with Gasteiger partial charge in [0, 0.05) is 32.1 Å². The quantitative estimate of drug-likeness (QED) is 0.916. The van der Waals surface area contributed by atoms with Gasteiger partial charge >= 0.3 is 0 Å². The van der Waals surface area contributed by atoms with Crippen LogP contribution in [0.2, 0.25) is 0 Å². The summed E-state index contributed by atoms with van der Waals surface area (Å²) in [5.41, 5.74) is 0.944. The van der Waals surface area contributed by atoms with E-state index in [9.17, 15) is 4.79 Å². The van der Waals surface area contributed by atoms with Crippen LogP contribution in [0.25, 0.3) is 0 Å². The average molecular weight is 351 g/mol. The lowest BCUT2D eigenvalue weighted by Gasteiger charge is -2.34. The SMILES string of the molecule is O=C(N1CCC(c2nnc3n2CCNC3)CC1)C1(c2ccccc2)CC1. The Morgan fingerprint density at radius 2 is 1.85 bits per heavy atom. The molecule has 5 rings (SSSR count). The predicted octanol–water partition coefficient (Wildman–Crippen LogP) is 1.82. The Labute approximate surface area is 153 Å². The number of fused-ring (bicyclic) bond motifs is 1. The van der Waals surface area contributed by atoms with Crippen molar-refractivity contribution in [3.05, 3.63) is 47.5 Å². The maximum atomic E-state index is 13.2. The number of amides is 1. The summed E-state index contributed by atoms with van der Waals surface area (Å²) in [4.78, 5) is 15.3. The largest absolute Gasteiger partial charge is 0.342 e. The Morgan fingerprint density at radius 1 is 1.08 bits per heavy atom. The summed E-state index contributed by atoms with van der Waals surface area (Å²) >= 11 is 0. The third kappa shape index (κ3) is 2.55. The fourth-order valence-electron chi connectivity index (χ4n) is 4.57. The topological polar surface area (TPSA) is 63.1 Å². The highest BCUT2D eigenvalue weighted by Gasteiger charge is 2.53. The molecule has 0 bridgehead atoms. The summed E-state index contributed by atoms with van der Waals surface area (Å²) in [6.45, 7) is 4.41. The highest BCUT2D eigenvalue weighted by molar-refractivity contribution is 5.91. The highest BCUT2D eigenvalue weighted by Crippen LogP contribution is 2.50. The maximum absolute atomic E-state index is 13.2. The zero-order chi connectivity index (χ0) is 17.6. The smallest absolute Gasteiger partial charge is 0.233 e. The van der Waals surface area contributed by atoms with Crippen LogP contribution in [0.5, 0.6) is 0 Å². The second-order valence-electron chi connectivity index (χ2n) is 7.82. The summed E-state index contributed by atoms with van der Waals surface area (Å²) in [6, 6.07) is 10.3. The van der Waals surface area contributed by atoms with Gasteiger partial charge in [0.2, 0.25) is 5.91 Å². The molecule has 6 heteroatoms. The van der Waals surface area contributed by atoms with Gasteiger partial charge in [-0.15, -0.1) is 10.2 Å². The molecule has 2 aliphatic heterocycles. The third-order valence-corrected chi connectivity index (χ3v) is 6.28. The number of aromatic nitrogens is 3. The van der Waals surface area contributed by atoms with Gasteiger partial charge in [-0.05, 0) is 31.2 Å². The molecule has 0 atom stereocenters. The van der Waals surface area contributed by atoms with Crippen LogP contribution in [0, 0.1) is 0 Å². The first-order valence-corrected chi connectivity index (χ1v) is 9.75. The van der Waals surface area contributed by atoms with Gasteiger partial charge in [-0.3, -0.25) is 4.79 Å². The van der Waals surface area contributed by atoms with Crippen molar-refractivity contribution in [2.45, 2.75) is 50.1 Å². The molecule has 1 aliphatic carbocycles. The molecule has 0 spiro atoms. The van der Waals surface area contributed by atoms with Crippen molar-refractivity contribution in [2.24, 2.45) is 0 Å². The normalized spacial score (nSPS) is 22.1. The number of likely N-dealkylation sites (tertiary alicyclic amines) is 1. The fraction of sp³-hybridized carbons (Fsp3) is 0.550. The van der Waals surface area contributed by atoms with E-state index in [1.807, 2.05) is 18.2 Å². The third-order valence-electron chi connectivity index (χ3n) is 6.28. The molecule has 3 heterocycles. The van der Waals surface area contributed by atoms with E-state index < -0.39 is 0 Å². The number of hydrogen-bond donors (Lipinski definition) is 1. The highest BCUT2D eigenvalue weighted by atomic mass is 16.2. The molecule has 1 N–H and O–H groups in total. The Morgan fingerprint density at radius 3 is 2.58 bits per heavy atom. The van der Waals surface area contributed by atoms with Crippen molar-refractivity contribution in [1.82, 2.24) is 25.0 Å². The lowest BCUT2D eigenvalue weighted by atomic mass is 9.91. The van der Waals surface area contributed by atoms with Crippen molar-refractivity contribution in [2.75, 3.05) is 19.6 Å². The molecule has 1 aromatic carbocycles. The molecule has 1 saturated heterocycles. The molecular formula is C20H25N5O. The molecule has 1 amide bonds. The van der Waals surface area contributed by atoms with Gasteiger partial charge in [-0.25, -0.2) is 0 Å². The minimum absolute atomic E-state index is 0.242. The van der Waals surface area contributed by atoms with Crippen LogP contribution in [0.1, 0.15) is 48.8 Å². The van der Waals surface area contributed by atoms with E-state index in [0.717, 1.165) is 70.1 Å². The first-order valence-electron chi connectivity index (χ1n) is 9.75. The Kier molecular flexibility index (Phi) is 3.81. The van der Waals surface area contributed by atoms with Crippen molar-refractivity contribution < 1.29 is 4.79 Å². The van der Waals surface area contributed by atoms with Crippen LogP contribution < -0.4 is 5.32 Å². The van der Waals surface area contributed by atoms with Crippen LogP contribution in [-0.4, -0.2) is 45.2 Å². The van der Waals surface area contributed by atoms with Crippen molar-refractivity contribution in [1.29, 1.82) is 0 Å². The van der Waals surface area contributed by atoms with Crippen LogP contribution in [0.15, 0.2) is 30.3 Å². The van der Waals surface area contributed by atoms with E-state index in [0.29, 0.717) is 11.8 Å². The van der Waals surface area contributed by atoms with Gasteiger partial charge < -0.3 is 14.8 Å². The van der Waals surface area contributed by atoms with E-state index in [1.54, 1.807) is 0 Å². The summed E-state index contributed by atoms with van der Waals surface area (Å²) in [5, 5.41) is 12.2. The fourth-order valence-corrected chi connectivity index (χ4v) is 4.57. The first-order chi connectivity index (χ1) is 12.8. The number of carbonyl (C=O) groups excluding carboxylic acids is 1. The lowest BCUT2D eigenvalue weighted by molar-refractivity contribution is -0.135. The zero-order valence-electron chi connectivity index (χ0n) is 15.0. The molecule has 0 radical (unpaired) electrons. The molecule has 26 heavy (non-hydrogen) atoms. The lowest BCUT2D eigenvalue weighted by Crippen LogP contribution is -2.44. The minimum Gasteiger partial charge on any atom is -0.342 e. The summed E-state index contributed by atoms with van der Waals surface area (Å²) in [6.07, 6.45) is 3.95. The summed E-state index contributed by atoms with van der Waals surface area (Å²) in [7, 11) is 0. The average Bonchev–Trinajstić information content (AvgIpc) is 3.41. The van der Waals surface area contributed by atoms with E-state index >= 15 is 0 Å². The van der Waals surface area contributed by atoms with Crippen LogP contribution in [0.3, 0.4) is 0 Å². The number of benzene rings is 1. The zero-order valence-corrected chi connectivity index (χ0v) is 15.0. The maximum Gasteiger partial charge on any atom is 0.233 e. The van der Waals surface area contributed by atoms with Gasteiger partial charge in [0.1, 0.15) is 11.6 Å². The minimum atomic E-state index is -0.242. The van der Waals surface area contributed by atoms with Gasteiger partial charge in [0.05, 0.1) is 12.0 Å². The van der Waals surface area contributed by atoms with Crippen LogP contribution in [-0.2, 0) is 23.3 Å². The molecule has 0 unspecified atom stereocenters. The Bertz CT molecular complexity index is 803. The van der Waals surface area contributed by atoms with Crippen LogP contribution in [0.4, 0.5) is 0 Å². The van der Waals surface area contributed by atoms with Gasteiger partial charge in [0.25, 0.3) is 0 Å². The standard InChI is InChI=1S/C20H25N5O/c26-19(20(8-9-20)16-4-2-1-3-5-16)24-11-6-15(7-12-24)18-23-22-17-14-21-10-13-25(17)18/h1-5,15,21H,6-14H2. The van der Waals surface area contributed by atoms with E-state index in [4.69, 9.17) is 0 Å². The van der Waals surface area contributed by atoms with E-state index in [2.05, 4.69) is 37.1 Å². The molecule has 1 aromatic heterocycles. The monoisotopic (exact) mass is 351 g/mol. The van der Waals surface area contributed by atoms with Gasteiger partial charge in [-0.2, -0.15) is 0 Å². The Balaban J connectivity index is 1.28. The van der Waals surface area contributed by atoms with E-state index in [-0.39, 0.29) is 5.41 Å².